The van der Waals surface area contributed by atoms with E-state index < -0.39 is 0 Å². The van der Waals surface area contributed by atoms with E-state index in [-0.39, 0.29) is 0 Å². The standard InChI is InChI=1S/C50H63N3/c51-31-38(17-10-12-34-32-52-33-34)41-28-29-47(46-22-9-8-21-45(41)46)48-25-24-37(30-50(48)53-49-23-11-16-36-15-4-5-18-42(36)49)40-27-26-39(35-13-2-1-3-14-35)43-19-6-7-20-44(40)43/h1-2,6-9,11,13,19-24,26-27,30,32,34,36,38,41-49,53H,3-5,10,12,14-18,25,28-29,31,33,51H2. The molecule has 0 bridgehead atoms. The van der Waals surface area contributed by atoms with E-state index in [1.54, 1.807) is 0 Å². The summed E-state index contributed by atoms with van der Waals surface area (Å²) >= 11 is 0. The zero-order valence-corrected chi connectivity index (χ0v) is 32.0. The van der Waals surface area contributed by atoms with Gasteiger partial charge < -0.3 is 11.1 Å². The van der Waals surface area contributed by atoms with Crippen LogP contribution >= 0.6 is 0 Å². The number of rotatable bonds is 11. The number of aliphatic imine (C=N–C) groups is 1. The van der Waals surface area contributed by atoms with Crippen LogP contribution in [0.5, 0.6) is 0 Å². The van der Waals surface area contributed by atoms with E-state index in [0.717, 1.165) is 44.2 Å². The Hall–Kier alpha value is -3.43. The van der Waals surface area contributed by atoms with E-state index in [0.29, 0.717) is 59.3 Å². The van der Waals surface area contributed by atoms with E-state index in [2.05, 4.69) is 120 Å². The molecule has 3 nitrogen and oxygen atoms in total. The SMILES string of the molecule is NCC(CCCC1C=NC1)C1CCC(C2CC=C(C3=CC=C(C4=CC=CCC4)C4C=CC=CC34)C=C2NC2C=CCC3CCCCC32)C2C=CC=CC21. The van der Waals surface area contributed by atoms with E-state index in [4.69, 9.17) is 5.73 Å². The van der Waals surface area contributed by atoms with Crippen LogP contribution in [0.3, 0.4) is 0 Å². The highest BCUT2D eigenvalue weighted by Crippen LogP contribution is 2.52. The fourth-order valence-corrected chi connectivity index (χ4v) is 12.3. The summed E-state index contributed by atoms with van der Waals surface area (Å²) in [7, 11) is 0. The molecule has 2 saturated carbocycles. The summed E-state index contributed by atoms with van der Waals surface area (Å²) in [6.45, 7) is 1.86. The molecule has 2 fully saturated rings. The van der Waals surface area contributed by atoms with Crippen molar-refractivity contribution in [3.05, 3.63) is 131 Å². The number of nitrogens with two attached hydrogens (primary N) is 1. The molecule has 0 saturated heterocycles. The molecule has 0 spiro atoms. The van der Waals surface area contributed by atoms with Gasteiger partial charge in [-0.25, -0.2) is 0 Å². The van der Waals surface area contributed by atoms with Crippen LogP contribution < -0.4 is 11.1 Å². The molecular weight excluding hydrogens is 643 g/mol. The number of hydrogen-bond donors (Lipinski definition) is 2. The summed E-state index contributed by atoms with van der Waals surface area (Å²) in [5.74, 6) is 6.73. The third kappa shape index (κ3) is 7.25. The molecule has 3 N–H and O–H groups in total. The zero-order valence-electron chi connectivity index (χ0n) is 32.0. The Morgan fingerprint density at radius 1 is 0.792 bits per heavy atom. The molecule has 0 amide bonds. The Kier molecular flexibility index (Phi) is 10.7. The molecule has 12 unspecified atom stereocenters. The first-order chi connectivity index (χ1) is 26.2. The van der Waals surface area contributed by atoms with Crippen molar-refractivity contribution in [1.82, 2.24) is 5.32 Å². The van der Waals surface area contributed by atoms with Crippen molar-refractivity contribution in [2.75, 3.05) is 13.1 Å². The van der Waals surface area contributed by atoms with Crippen LogP contribution in [0.4, 0.5) is 0 Å². The third-order valence-electron chi connectivity index (χ3n) is 15.1. The maximum atomic E-state index is 6.60. The largest absolute Gasteiger partial charge is 0.382 e. The molecule has 9 rings (SSSR count). The molecule has 0 aromatic rings. The van der Waals surface area contributed by atoms with Crippen LogP contribution in [0.1, 0.15) is 83.5 Å². The van der Waals surface area contributed by atoms with Crippen molar-refractivity contribution in [2.24, 2.45) is 75.8 Å². The Morgan fingerprint density at radius 2 is 1.60 bits per heavy atom. The fourth-order valence-electron chi connectivity index (χ4n) is 12.3. The molecule has 8 aliphatic carbocycles. The van der Waals surface area contributed by atoms with Gasteiger partial charge in [0, 0.05) is 48.2 Å². The number of nitrogens with one attached hydrogen (secondary N) is 1. The lowest BCUT2D eigenvalue weighted by atomic mass is 9.57. The maximum absolute atomic E-state index is 6.60. The van der Waals surface area contributed by atoms with Crippen molar-refractivity contribution >= 4 is 6.21 Å². The van der Waals surface area contributed by atoms with Crippen molar-refractivity contribution in [1.29, 1.82) is 0 Å². The molecule has 9 aliphatic rings. The lowest BCUT2D eigenvalue weighted by Gasteiger charge is -2.49. The second kappa shape index (κ2) is 16.1. The average molecular weight is 706 g/mol. The topological polar surface area (TPSA) is 50.4 Å². The minimum absolute atomic E-state index is 0.389. The van der Waals surface area contributed by atoms with Gasteiger partial charge in [0.15, 0.2) is 0 Å². The Labute approximate surface area is 320 Å². The first-order valence-corrected chi connectivity index (χ1v) is 21.8. The predicted molar refractivity (Wildman–Crippen MR) is 223 cm³/mol. The minimum Gasteiger partial charge on any atom is -0.382 e. The summed E-state index contributed by atoms with van der Waals surface area (Å²) in [4.78, 5) is 4.35. The molecule has 278 valence electrons. The summed E-state index contributed by atoms with van der Waals surface area (Å²) in [5.41, 5.74) is 14.1. The van der Waals surface area contributed by atoms with Crippen LogP contribution in [0.25, 0.3) is 0 Å². The van der Waals surface area contributed by atoms with Gasteiger partial charge in [0.1, 0.15) is 0 Å². The van der Waals surface area contributed by atoms with Gasteiger partial charge in [0.2, 0.25) is 0 Å². The molecule has 3 heteroatoms. The van der Waals surface area contributed by atoms with Gasteiger partial charge >= 0.3 is 0 Å². The quantitative estimate of drug-likeness (QED) is 0.210. The van der Waals surface area contributed by atoms with E-state index in [9.17, 15) is 0 Å². The lowest BCUT2D eigenvalue weighted by molar-refractivity contribution is 0.0778. The summed E-state index contributed by atoms with van der Waals surface area (Å²) in [6, 6.07) is 0.446. The lowest BCUT2D eigenvalue weighted by Crippen LogP contribution is -2.46. The van der Waals surface area contributed by atoms with Crippen molar-refractivity contribution in [3.8, 4) is 0 Å². The molecule has 0 radical (unpaired) electrons. The van der Waals surface area contributed by atoms with Gasteiger partial charge in [-0.2, -0.15) is 0 Å². The monoisotopic (exact) mass is 706 g/mol. The Bertz CT molecular complexity index is 1730. The number of hydrogen-bond acceptors (Lipinski definition) is 3. The third-order valence-corrected chi connectivity index (χ3v) is 15.1. The predicted octanol–water partition coefficient (Wildman–Crippen LogP) is 10.9. The second-order valence-electron chi connectivity index (χ2n) is 17.9. The molecule has 0 aromatic heterocycles. The van der Waals surface area contributed by atoms with E-state index >= 15 is 0 Å². The maximum Gasteiger partial charge on any atom is 0.0472 e. The summed E-state index contributed by atoms with van der Waals surface area (Å²) in [6.07, 6.45) is 60.5. The van der Waals surface area contributed by atoms with Crippen LogP contribution in [0.15, 0.2) is 136 Å². The van der Waals surface area contributed by atoms with Crippen LogP contribution in [0, 0.1) is 65.1 Å². The van der Waals surface area contributed by atoms with Crippen LogP contribution in [-0.4, -0.2) is 25.3 Å². The van der Waals surface area contributed by atoms with Crippen LogP contribution in [-0.2, 0) is 0 Å². The molecular formula is C50H63N3. The van der Waals surface area contributed by atoms with Crippen LogP contribution in [0.2, 0.25) is 0 Å². The average Bonchev–Trinajstić information content (AvgIpc) is 3.20. The molecule has 53 heavy (non-hydrogen) atoms. The molecule has 0 aromatic carbocycles. The van der Waals surface area contributed by atoms with Gasteiger partial charge in [0.25, 0.3) is 0 Å². The molecule has 1 heterocycles. The first-order valence-electron chi connectivity index (χ1n) is 21.8. The smallest absolute Gasteiger partial charge is 0.0472 e. The molecule has 1 aliphatic heterocycles. The minimum atomic E-state index is 0.389. The van der Waals surface area contributed by atoms with E-state index in [1.807, 2.05) is 0 Å². The van der Waals surface area contributed by atoms with E-state index in [1.165, 1.54) is 92.2 Å². The van der Waals surface area contributed by atoms with Crippen molar-refractivity contribution in [2.45, 2.75) is 89.5 Å². The Morgan fingerprint density at radius 3 is 2.42 bits per heavy atom. The number of nitrogens with zero attached hydrogens (tertiary/aromatic N) is 1. The van der Waals surface area contributed by atoms with Gasteiger partial charge in [-0.1, -0.05) is 116 Å². The summed E-state index contributed by atoms with van der Waals surface area (Å²) in [5, 5.41) is 4.37. The number of fused-ring (bicyclic) bond motifs is 3. The summed E-state index contributed by atoms with van der Waals surface area (Å²) < 4.78 is 0. The normalized spacial score (nSPS) is 38.7. The van der Waals surface area contributed by atoms with Crippen molar-refractivity contribution in [3.63, 3.8) is 0 Å². The van der Waals surface area contributed by atoms with Crippen molar-refractivity contribution < 1.29 is 0 Å². The fraction of sp³-hybridized carbons (Fsp3) is 0.540. The van der Waals surface area contributed by atoms with Gasteiger partial charge in [-0.05, 0) is 141 Å². The van der Waals surface area contributed by atoms with Gasteiger partial charge in [0.05, 0.1) is 0 Å². The molecule has 12 atom stereocenters. The highest BCUT2D eigenvalue weighted by molar-refractivity contribution is 5.66. The number of allylic oxidation sites excluding steroid dienone is 21. The zero-order chi connectivity index (χ0) is 35.6. The highest BCUT2D eigenvalue weighted by atomic mass is 14.9. The van der Waals surface area contributed by atoms with Gasteiger partial charge in [-0.3, -0.25) is 4.99 Å². The first kappa shape index (κ1) is 35.3. The second-order valence-corrected chi connectivity index (χ2v) is 17.9. The highest BCUT2D eigenvalue weighted by Gasteiger charge is 2.45. The van der Waals surface area contributed by atoms with Gasteiger partial charge in [-0.15, -0.1) is 0 Å². The Balaban J connectivity index is 1.01.